The van der Waals surface area contributed by atoms with E-state index in [9.17, 15) is 4.79 Å². The first-order valence-corrected chi connectivity index (χ1v) is 8.57. The first-order valence-electron chi connectivity index (χ1n) is 8.57. The molecule has 1 aliphatic heterocycles. The van der Waals surface area contributed by atoms with E-state index in [1.807, 2.05) is 43.9 Å². The molecule has 1 amide bonds. The van der Waals surface area contributed by atoms with Crippen molar-refractivity contribution in [1.82, 2.24) is 4.90 Å². The Morgan fingerprint density at radius 3 is 2.42 bits per heavy atom. The molecule has 134 valence electrons. The van der Waals surface area contributed by atoms with Gasteiger partial charge in [0.15, 0.2) is 11.5 Å². The van der Waals surface area contributed by atoms with Gasteiger partial charge in [0.2, 0.25) is 0 Å². The average molecular weight is 335 g/mol. The van der Waals surface area contributed by atoms with Gasteiger partial charge >= 0.3 is 6.09 Å². The Labute approximate surface area is 144 Å². The zero-order chi connectivity index (χ0) is 17.7. The van der Waals surface area contributed by atoms with Crippen LogP contribution >= 0.6 is 0 Å². The molecule has 0 aliphatic carbocycles. The molecule has 1 aliphatic rings. The van der Waals surface area contributed by atoms with Gasteiger partial charge in [0.1, 0.15) is 5.60 Å². The molecule has 0 aromatic heterocycles. The quantitative estimate of drug-likeness (QED) is 0.812. The second-order valence-electron chi connectivity index (χ2n) is 7.15. The maximum absolute atomic E-state index is 12.7. The van der Waals surface area contributed by atoms with Crippen LogP contribution < -0.4 is 9.47 Å². The van der Waals surface area contributed by atoms with Gasteiger partial charge in [-0.25, -0.2) is 4.79 Å². The molecule has 5 nitrogen and oxygen atoms in total. The average Bonchev–Trinajstić information content (AvgIpc) is 2.78. The van der Waals surface area contributed by atoms with Crippen LogP contribution in [0.2, 0.25) is 0 Å². The second-order valence-corrected chi connectivity index (χ2v) is 7.15. The Morgan fingerprint density at radius 2 is 1.79 bits per heavy atom. The molecule has 0 spiro atoms. The van der Waals surface area contributed by atoms with E-state index in [2.05, 4.69) is 0 Å². The van der Waals surface area contributed by atoms with Crippen molar-refractivity contribution in [1.29, 1.82) is 0 Å². The van der Waals surface area contributed by atoms with E-state index in [0.717, 1.165) is 31.2 Å². The van der Waals surface area contributed by atoms with Gasteiger partial charge in [-0.15, -0.1) is 0 Å². The summed E-state index contributed by atoms with van der Waals surface area (Å²) in [6.07, 6.45) is 3.91. The van der Waals surface area contributed by atoms with E-state index in [1.54, 1.807) is 14.2 Å². The fourth-order valence-electron chi connectivity index (χ4n) is 3.05. The molecule has 0 bridgehead atoms. The summed E-state index contributed by atoms with van der Waals surface area (Å²) < 4.78 is 16.3. The van der Waals surface area contributed by atoms with E-state index in [-0.39, 0.29) is 12.1 Å². The third-order valence-corrected chi connectivity index (χ3v) is 4.17. The molecule has 1 aromatic carbocycles. The summed E-state index contributed by atoms with van der Waals surface area (Å²) in [5.41, 5.74) is 0.561. The largest absolute Gasteiger partial charge is 0.493 e. The number of benzene rings is 1. The summed E-state index contributed by atoms with van der Waals surface area (Å²) in [5.74, 6) is 1.38. The van der Waals surface area contributed by atoms with Crippen LogP contribution in [0.15, 0.2) is 18.2 Å². The van der Waals surface area contributed by atoms with Gasteiger partial charge in [-0.3, -0.25) is 0 Å². The Morgan fingerprint density at radius 1 is 1.08 bits per heavy atom. The molecular weight excluding hydrogens is 306 g/mol. The Bertz CT molecular complexity index is 565. The van der Waals surface area contributed by atoms with Gasteiger partial charge in [0.05, 0.1) is 20.3 Å². The second kappa shape index (κ2) is 7.77. The number of hydrogen-bond acceptors (Lipinski definition) is 4. The van der Waals surface area contributed by atoms with Crippen molar-refractivity contribution >= 4 is 6.09 Å². The number of ether oxygens (including phenoxy) is 3. The lowest BCUT2D eigenvalue weighted by molar-refractivity contribution is 0.0163. The number of amides is 1. The summed E-state index contributed by atoms with van der Waals surface area (Å²) in [6, 6.07) is 5.87. The molecule has 0 saturated carbocycles. The van der Waals surface area contributed by atoms with Crippen LogP contribution in [0, 0.1) is 0 Å². The van der Waals surface area contributed by atoms with Gasteiger partial charge in [-0.2, -0.15) is 0 Å². The van der Waals surface area contributed by atoms with Crippen LogP contribution in [0.1, 0.15) is 58.1 Å². The van der Waals surface area contributed by atoms with Gasteiger partial charge < -0.3 is 19.1 Å². The Hall–Kier alpha value is -1.91. The van der Waals surface area contributed by atoms with Crippen molar-refractivity contribution in [2.45, 2.75) is 58.1 Å². The topological polar surface area (TPSA) is 48.0 Å². The van der Waals surface area contributed by atoms with E-state index >= 15 is 0 Å². The minimum absolute atomic E-state index is 0.00200. The number of carbonyl (C=O) groups is 1. The van der Waals surface area contributed by atoms with Gasteiger partial charge in [-0.05, 0) is 51.3 Å². The van der Waals surface area contributed by atoms with E-state index in [1.165, 1.54) is 0 Å². The van der Waals surface area contributed by atoms with Crippen LogP contribution in [0.25, 0.3) is 0 Å². The monoisotopic (exact) mass is 335 g/mol. The molecule has 2 rings (SSSR count). The minimum atomic E-state index is -0.495. The number of methoxy groups -OCH3 is 2. The van der Waals surface area contributed by atoms with Crippen molar-refractivity contribution < 1.29 is 19.0 Å². The van der Waals surface area contributed by atoms with Gasteiger partial charge in [0, 0.05) is 6.54 Å². The summed E-state index contributed by atoms with van der Waals surface area (Å²) in [5, 5.41) is 0. The molecule has 1 atom stereocenters. The highest BCUT2D eigenvalue weighted by Gasteiger charge is 2.30. The van der Waals surface area contributed by atoms with Crippen LogP contribution in [0.4, 0.5) is 4.79 Å². The fourth-order valence-corrected chi connectivity index (χ4v) is 3.05. The zero-order valence-electron chi connectivity index (χ0n) is 15.4. The molecule has 1 saturated heterocycles. The van der Waals surface area contributed by atoms with Crippen molar-refractivity contribution in [3.05, 3.63) is 23.8 Å². The highest BCUT2D eigenvalue weighted by molar-refractivity contribution is 5.69. The lowest BCUT2D eigenvalue weighted by Gasteiger charge is -2.32. The van der Waals surface area contributed by atoms with Crippen LogP contribution in [-0.2, 0) is 4.74 Å². The number of rotatable bonds is 3. The smallest absolute Gasteiger partial charge is 0.410 e. The Kier molecular flexibility index (Phi) is 5.97. The van der Waals surface area contributed by atoms with Crippen LogP contribution in [-0.4, -0.2) is 37.4 Å². The van der Waals surface area contributed by atoms with E-state index in [0.29, 0.717) is 18.0 Å². The number of nitrogens with zero attached hydrogens (tertiary/aromatic N) is 1. The maximum atomic E-state index is 12.7. The van der Waals surface area contributed by atoms with Crippen molar-refractivity contribution in [3.63, 3.8) is 0 Å². The molecule has 5 heteroatoms. The van der Waals surface area contributed by atoms with Crippen molar-refractivity contribution in [3.8, 4) is 11.5 Å². The molecule has 0 radical (unpaired) electrons. The zero-order valence-corrected chi connectivity index (χ0v) is 15.4. The van der Waals surface area contributed by atoms with Crippen LogP contribution in [0.5, 0.6) is 11.5 Å². The molecule has 0 N–H and O–H groups in total. The Balaban J connectivity index is 2.31. The van der Waals surface area contributed by atoms with E-state index in [4.69, 9.17) is 14.2 Å². The predicted molar refractivity (Wildman–Crippen MR) is 93.7 cm³/mol. The fraction of sp³-hybridized carbons (Fsp3) is 0.632. The third kappa shape index (κ3) is 4.56. The first kappa shape index (κ1) is 18.4. The highest BCUT2D eigenvalue weighted by Crippen LogP contribution is 2.36. The summed E-state index contributed by atoms with van der Waals surface area (Å²) in [4.78, 5) is 14.5. The van der Waals surface area contributed by atoms with Crippen molar-refractivity contribution in [2.24, 2.45) is 0 Å². The SMILES string of the molecule is COc1ccc(C2CCCCCN2C(=O)OC(C)(C)C)cc1OC. The first-order chi connectivity index (χ1) is 11.4. The van der Waals surface area contributed by atoms with E-state index < -0.39 is 5.60 Å². The molecular formula is C19H29NO4. The maximum Gasteiger partial charge on any atom is 0.410 e. The van der Waals surface area contributed by atoms with Gasteiger partial charge in [0.25, 0.3) is 0 Å². The number of carbonyl (C=O) groups excluding carboxylic acids is 1. The predicted octanol–water partition coefficient (Wildman–Crippen LogP) is 4.56. The molecule has 1 fully saturated rings. The number of hydrogen-bond donors (Lipinski definition) is 0. The highest BCUT2D eigenvalue weighted by atomic mass is 16.6. The molecule has 1 unspecified atom stereocenters. The molecule has 1 heterocycles. The lowest BCUT2D eigenvalue weighted by Crippen LogP contribution is -2.39. The summed E-state index contributed by atoms with van der Waals surface area (Å²) >= 11 is 0. The lowest BCUT2D eigenvalue weighted by atomic mass is 10.0. The summed E-state index contributed by atoms with van der Waals surface area (Å²) in [7, 11) is 3.25. The molecule has 24 heavy (non-hydrogen) atoms. The third-order valence-electron chi connectivity index (χ3n) is 4.17. The van der Waals surface area contributed by atoms with Crippen LogP contribution in [0.3, 0.4) is 0 Å². The molecule has 1 aromatic rings. The number of likely N-dealkylation sites (tertiary alicyclic amines) is 1. The van der Waals surface area contributed by atoms with Crippen molar-refractivity contribution in [2.75, 3.05) is 20.8 Å². The summed E-state index contributed by atoms with van der Waals surface area (Å²) in [6.45, 7) is 6.41. The van der Waals surface area contributed by atoms with Gasteiger partial charge in [-0.1, -0.05) is 18.9 Å². The minimum Gasteiger partial charge on any atom is -0.493 e. The standard InChI is InChI=1S/C19H29NO4/c1-19(2,3)24-18(21)20-12-8-6-7-9-15(20)14-10-11-16(22-4)17(13-14)23-5/h10-11,13,15H,6-9,12H2,1-5H3. The normalized spacial score (nSPS) is 18.7.